The summed E-state index contributed by atoms with van der Waals surface area (Å²) in [7, 11) is 0. The lowest BCUT2D eigenvalue weighted by Crippen LogP contribution is -2.32. The first-order chi connectivity index (χ1) is 15.5. The minimum atomic E-state index is -0.415. The Labute approximate surface area is 196 Å². The lowest BCUT2D eigenvalue weighted by molar-refractivity contribution is -0.120. The highest BCUT2D eigenvalue weighted by molar-refractivity contribution is 8.04. The second-order valence-electron chi connectivity index (χ2n) is 7.10. The molecule has 32 heavy (non-hydrogen) atoms. The molecule has 0 atom stereocenters. The number of thioether (sulfide) groups is 1. The normalized spacial score (nSPS) is 13.7. The highest BCUT2D eigenvalue weighted by Gasteiger charge is 2.40. The summed E-state index contributed by atoms with van der Waals surface area (Å²) in [4.78, 5) is 29.2. The van der Waals surface area contributed by atoms with Crippen LogP contribution in [0, 0.1) is 6.92 Å². The molecule has 0 fully saturated rings. The number of para-hydroxylation sites is 2. The topological polar surface area (TPSA) is 58.6 Å². The van der Waals surface area contributed by atoms with Crippen molar-refractivity contribution in [3.63, 3.8) is 0 Å². The fourth-order valence-electron chi connectivity index (χ4n) is 3.25. The number of nitrogens with zero attached hydrogens (tertiary/aromatic N) is 1. The second-order valence-corrected chi connectivity index (χ2v) is 8.62. The van der Waals surface area contributed by atoms with Gasteiger partial charge in [-0.15, -0.1) is 0 Å². The molecule has 7 heteroatoms. The molecule has 5 nitrogen and oxygen atoms in total. The molecule has 0 saturated heterocycles. The third-order valence-electron chi connectivity index (χ3n) is 4.81. The van der Waals surface area contributed by atoms with Crippen LogP contribution in [0.5, 0.6) is 5.75 Å². The van der Waals surface area contributed by atoms with Crippen LogP contribution < -0.4 is 15.0 Å². The van der Waals surface area contributed by atoms with E-state index in [0.29, 0.717) is 33.7 Å². The van der Waals surface area contributed by atoms with Crippen molar-refractivity contribution in [1.29, 1.82) is 0 Å². The lowest BCUT2D eigenvalue weighted by Gasteiger charge is -2.16. The molecule has 0 spiro atoms. The first-order valence-electron chi connectivity index (χ1n) is 10.1. The zero-order chi connectivity index (χ0) is 22.7. The highest BCUT2D eigenvalue weighted by Crippen LogP contribution is 2.39. The Morgan fingerprint density at radius 2 is 1.62 bits per heavy atom. The number of amides is 2. The Balaban J connectivity index is 1.75. The van der Waals surface area contributed by atoms with Gasteiger partial charge in [0.05, 0.1) is 18.0 Å². The average molecular weight is 465 g/mol. The van der Waals surface area contributed by atoms with E-state index < -0.39 is 5.91 Å². The van der Waals surface area contributed by atoms with E-state index >= 15 is 0 Å². The smallest absolute Gasteiger partial charge is 0.283 e. The fourth-order valence-corrected chi connectivity index (χ4v) is 4.30. The van der Waals surface area contributed by atoms with Crippen LogP contribution in [-0.4, -0.2) is 18.4 Å². The minimum absolute atomic E-state index is 0.211. The predicted molar refractivity (Wildman–Crippen MR) is 129 cm³/mol. The molecular formula is C25H21ClN2O3S. The number of rotatable bonds is 7. The van der Waals surface area contributed by atoms with E-state index in [1.807, 2.05) is 62.4 Å². The summed E-state index contributed by atoms with van der Waals surface area (Å²) in [6.45, 7) is 4.32. The van der Waals surface area contributed by atoms with Gasteiger partial charge in [-0.2, -0.15) is 0 Å². The lowest BCUT2D eigenvalue weighted by atomic mass is 10.2. The maximum atomic E-state index is 13.4. The van der Waals surface area contributed by atoms with E-state index in [2.05, 4.69) is 5.32 Å². The Morgan fingerprint density at radius 3 is 2.31 bits per heavy atom. The summed E-state index contributed by atoms with van der Waals surface area (Å²) in [6, 6.07) is 21.8. The Kier molecular flexibility index (Phi) is 6.53. The standard InChI is InChI=1S/C25H21ClN2O3S/c1-3-31-21-7-5-4-6-20(21)27-22-23(32-19-14-10-17(26)11-15-19)25(30)28(24(22)29)18-12-8-16(2)9-13-18/h4-15,27H,3H2,1-2H3. The average Bonchev–Trinajstić information content (AvgIpc) is 3.01. The van der Waals surface area contributed by atoms with E-state index in [9.17, 15) is 9.59 Å². The first-order valence-corrected chi connectivity index (χ1v) is 11.3. The molecule has 3 aromatic carbocycles. The number of carbonyl (C=O) groups is 2. The van der Waals surface area contributed by atoms with Gasteiger partial charge in [-0.3, -0.25) is 9.59 Å². The maximum absolute atomic E-state index is 13.4. The predicted octanol–water partition coefficient (Wildman–Crippen LogP) is 6.04. The summed E-state index contributed by atoms with van der Waals surface area (Å²) in [5, 5.41) is 3.76. The van der Waals surface area contributed by atoms with Gasteiger partial charge in [0.1, 0.15) is 16.4 Å². The van der Waals surface area contributed by atoms with Crippen LogP contribution in [0.3, 0.4) is 0 Å². The number of carbonyl (C=O) groups excluding carboxylic acids is 2. The van der Waals surface area contributed by atoms with Crippen LogP contribution in [0.2, 0.25) is 5.02 Å². The van der Waals surface area contributed by atoms with Crippen LogP contribution in [0.1, 0.15) is 12.5 Å². The maximum Gasteiger partial charge on any atom is 0.283 e. The first kappa shape index (κ1) is 22.0. The van der Waals surface area contributed by atoms with Gasteiger partial charge >= 0.3 is 0 Å². The highest BCUT2D eigenvalue weighted by atomic mass is 35.5. The number of hydrogen-bond donors (Lipinski definition) is 1. The van der Waals surface area contributed by atoms with Crippen molar-refractivity contribution in [3.05, 3.63) is 94.0 Å². The van der Waals surface area contributed by atoms with Crippen LogP contribution in [0.15, 0.2) is 88.3 Å². The van der Waals surface area contributed by atoms with Crippen molar-refractivity contribution in [3.8, 4) is 5.75 Å². The summed E-state index contributed by atoms with van der Waals surface area (Å²) in [5.74, 6) is -0.191. The Hall–Kier alpha value is -3.22. The molecule has 4 rings (SSSR count). The summed E-state index contributed by atoms with van der Waals surface area (Å²) < 4.78 is 5.68. The van der Waals surface area contributed by atoms with Crippen LogP contribution in [0.4, 0.5) is 11.4 Å². The number of ether oxygens (including phenoxy) is 1. The molecule has 1 aliphatic heterocycles. The summed E-state index contributed by atoms with van der Waals surface area (Å²) >= 11 is 7.23. The van der Waals surface area contributed by atoms with Crippen molar-refractivity contribution in [2.24, 2.45) is 0 Å². The van der Waals surface area contributed by atoms with E-state index in [-0.39, 0.29) is 11.6 Å². The number of nitrogens with one attached hydrogen (secondary N) is 1. The molecule has 2 amide bonds. The minimum Gasteiger partial charge on any atom is -0.492 e. The molecule has 0 aliphatic carbocycles. The van der Waals surface area contributed by atoms with Gasteiger partial charge in [-0.25, -0.2) is 4.90 Å². The number of imide groups is 1. The number of halogens is 1. The molecule has 0 saturated carbocycles. The number of hydrogen-bond acceptors (Lipinski definition) is 5. The molecular weight excluding hydrogens is 444 g/mol. The zero-order valence-corrected chi connectivity index (χ0v) is 19.2. The summed E-state index contributed by atoms with van der Waals surface area (Å²) in [5.41, 5.74) is 2.39. The van der Waals surface area contributed by atoms with Gasteiger partial charge in [0, 0.05) is 9.92 Å². The van der Waals surface area contributed by atoms with Gasteiger partial charge in [-0.1, -0.05) is 53.2 Å². The van der Waals surface area contributed by atoms with E-state index in [0.717, 1.165) is 10.5 Å². The largest absolute Gasteiger partial charge is 0.492 e. The van der Waals surface area contributed by atoms with Crippen molar-refractivity contribution < 1.29 is 14.3 Å². The molecule has 1 heterocycles. The molecule has 1 aliphatic rings. The molecule has 0 aromatic heterocycles. The number of benzene rings is 3. The molecule has 0 bridgehead atoms. The molecule has 1 N–H and O–H groups in total. The quantitative estimate of drug-likeness (QED) is 0.432. The fraction of sp³-hybridized carbons (Fsp3) is 0.120. The Morgan fingerprint density at radius 1 is 0.938 bits per heavy atom. The SMILES string of the molecule is CCOc1ccccc1NC1=C(Sc2ccc(Cl)cc2)C(=O)N(c2ccc(C)cc2)C1=O. The van der Waals surface area contributed by atoms with Gasteiger partial charge in [-0.05, 0) is 62.4 Å². The van der Waals surface area contributed by atoms with Crippen LogP contribution in [-0.2, 0) is 9.59 Å². The molecule has 3 aromatic rings. The third-order valence-corrected chi connectivity index (χ3v) is 6.16. The van der Waals surface area contributed by atoms with Gasteiger partial charge in [0.25, 0.3) is 11.8 Å². The molecule has 0 radical (unpaired) electrons. The monoisotopic (exact) mass is 464 g/mol. The van der Waals surface area contributed by atoms with Gasteiger partial charge in [0.2, 0.25) is 0 Å². The van der Waals surface area contributed by atoms with Gasteiger partial charge in [0.15, 0.2) is 0 Å². The van der Waals surface area contributed by atoms with Crippen molar-refractivity contribution in [2.45, 2.75) is 18.7 Å². The second kappa shape index (κ2) is 9.51. The Bertz CT molecular complexity index is 1190. The molecule has 0 unspecified atom stereocenters. The summed E-state index contributed by atoms with van der Waals surface area (Å²) in [6.07, 6.45) is 0. The van der Waals surface area contributed by atoms with E-state index in [1.54, 1.807) is 24.3 Å². The molecule has 162 valence electrons. The van der Waals surface area contributed by atoms with Crippen molar-refractivity contribution in [2.75, 3.05) is 16.8 Å². The van der Waals surface area contributed by atoms with E-state index in [4.69, 9.17) is 16.3 Å². The number of aryl methyl sites for hydroxylation is 1. The van der Waals surface area contributed by atoms with Crippen LogP contribution >= 0.6 is 23.4 Å². The van der Waals surface area contributed by atoms with Gasteiger partial charge < -0.3 is 10.1 Å². The van der Waals surface area contributed by atoms with Crippen LogP contribution in [0.25, 0.3) is 0 Å². The number of anilines is 2. The third kappa shape index (κ3) is 4.52. The van der Waals surface area contributed by atoms with Crippen molar-refractivity contribution in [1.82, 2.24) is 0 Å². The zero-order valence-electron chi connectivity index (χ0n) is 17.6. The van der Waals surface area contributed by atoms with Crippen molar-refractivity contribution >= 4 is 46.6 Å². The van der Waals surface area contributed by atoms with E-state index in [1.165, 1.54) is 16.7 Å².